The normalized spacial score (nSPS) is 16.1. The second kappa shape index (κ2) is 11.0. The van der Waals surface area contributed by atoms with Crippen LogP contribution in [0.1, 0.15) is 6.42 Å². The standard InChI is InChI=1S/C18H10F25NO/c1-3-6(45)44(2)5-4-7(19,20)8(21,22)9(23,24)10(25,26)11(27,28)12(29,30)13(31,32)14(33,34)15(35,36)16(37,38)17(39,40)18(41,42)43/h3H,1,4-5H2,2H3. The van der Waals surface area contributed by atoms with Gasteiger partial charge in [0.05, 0.1) is 0 Å². The number of carbonyl (C=O) groups is 1. The molecule has 0 aromatic heterocycles. The molecule has 45 heavy (non-hydrogen) atoms. The molecule has 0 rings (SSSR count). The van der Waals surface area contributed by atoms with Crippen LogP contribution in [0.5, 0.6) is 0 Å². The van der Waals surface area contributed by atoms with E-state index in [1.54, 1.807) is 0 Å². The van der Waals surface area contributed by atoms with E-state index in [9.17, 15) is 115 Å². The number of halogens is 25. The molecule has 0 saturated carbocycles. The SMILES string of the molecule is C=CC(=O)N(C)CCC(F)(F)C(F)(F)C(F)(F)C(F)(F)C(F)(F)C(F)(F)C(F)(F)C(F)(F)C(F)(F)C(F)(F)C(F)(F)C(F)(F)F. The summed E-state index contributed by atoms with van der Waals surface area (Å²) >= 11 is 0. The Morgan fingerprint density at radius 2 is 0.689 bits per heavy atom. The molecule has 0 unspecified atom stereocenters. The van der Waals surface area contributed by atoms with Gasteiger partial charge in [-0.3, -0.25) is 4.79 Å². The number of nitrogens with zero attached hydrogens (tertiary/aromatic N) is 1. The highest BCUT2D eigenvalue weighted by Crippen LogP contribution is 2.67. The second-order valence-electron chi connectivity index (χ2n) is 8.66. The fraction of sp³-hybridized carbons (Fsp3) is 0.833. The number of alkyl halides is 25. The van der Waals surface area contributed by atoms with Crippen LogP contribution in [-0.2, 0) is 4.79 Å². The minimum Gasteiger partial charge on any atom is -0.342 e. The highest BCUT2D eigenvalue weighted by Gasteiger charge is 2.99. The van der Waals surface area contributed by atoms with E-state index in [-0.39, 0.29) is 11.0 Å². The van der Waals surface area contributed by atoms with Gasteiger partial charge in [0.25, 0.3) is 0 Å². The van der Waals surface area contributed by atoms with Crippen LogP contribution in [0.15, 0.2) is 12.7 Å². The lowest BCUT2D eigenvalue weighted by Crippen LogP contribution is -2.78. The number of hydrogen-bond acceptors (Lipinski definition) is 1. The maximum atomic E-state index is 13.8. The topological polar surface area (TPSA) is 20.3 Å². The first-order valence-electron chi connectivity index (χ1n) is 10.2. The molecule has 0 aromatic carbocycles. The van der Waals surface area contributed by atoms with Crippen LogP contribution in [-0.4, -0.2) is 95.7 Å². The molecule has 0 bridgehead atoms. The number of rotatable bonds is 14. The predicted molar refractivity (Wildman–Crippen MR) is 92.9 cm³/mol. The Labute approximate surface area is 230 Å². The Balaban J connectivity index is 7.18. The average molecular weight is 731 g/mol. The monoisotopic (exact) mass is 731 g/mol. The van der Waals surface area contributed by atoms with E-state index < -0.39 is 90.2 Å². The molecule has 0 spiro atoms. The summed E-state index contributed by atoms with van der Waals surface area (Å²) in [7, 11) is 0.381. The molecular formula is C18H10F25NO. The van der Waals surface area contributed by atoms with E-state index in [2.05, 4.69) is 6.58 Å². The minimum absolute atomic E-state index is 0.142. The van der Waals surface area contributed by atoms with Crippen molar-refractivity contribution in [2.45, 2.75) is 77.7 Å². The summed E-state index contributed by atoms with van der Waals surface area (Å²) in [5.74, 6) is -100. The Bertz CT molecular complexity index is 1100. The van der Waals surface area contributed by atoms with Gasteiger partial charge in [-0.25, -0.2) is 0 Å². The van der Waals surface area contributed by atoms with Gasteiger partial charge in [-0.15, -0.1) is 0 Å². The largest absolute Gasteiger partial charge is 0.460 e. The van der Waals surface area contributed by atoms with Gasteiger partial charge in [0.2, 0.25) is 5.91 Å². The number of amides is 1. The third-order valence-corrected chi connectivity index (χ3v) is 5.68. The Kier molecular flexibility index (Phi) is 10.4. The molecule has 268 valence electrons. The van der Waals surface area contributed by atoms with Crippen LogP contribution in [0, 0.1) is 0 Å². The van der Waals surface area contributed by atoms with Gasteiger partial charge in [0.15, 0.2) is 0 Å². The van der Waals surface area contributed by atoms with Gasteiger partial charge in [-0.1, -0.05) is 6.58 Å². The van der Waals surface area contributed by atoms with Crippen molar-refractivity contribution in [1.82, 2.24) is 4.90 Å². The fourth-order valence-corrected chi connectivity index (χ4v) is 2.72. The van der Waals surface area contributed by atoms with Crippen molar-refractivity contribution in [3.63, 3.8) is 0 Å². The van der Waals surface area contributed by atoms with Crippen molar-refractivity contribution in [3.05, 3.63) is 12.7 Å². The van der Waals surface area contributed by atoms with Gasteiger partial charge in [-0.05, 0) is 6.08 Å². The summed E-state index contributed by atoms with van der Waals surface area (Å²) in [6, 6.07) is 0. The van der Waals surface area contributed by atoms with Crippen molar-refractivity contribution >= 4 is 5.91 Å². The van der Waals surface area contributed by atoms with Crippen LogP contribution in [0.25, 0.3) is 0 Å². The molecule has 1 amide bonds. The van der Waals surface area contributed by atoms with Crippen LogP contribution in [0.4, 0.5) is 110 Å². The first-order valence-corrected chi connectivity index (χ1v) is 10.2. The summed E-state index contributed by atoms with van der Waals surface area (Å²) < 4.78 is 335. The van der Waals surface area contributed by atoms with E-state index in [0.29, 0.717) is 7.05 Å². The van der Waals surface area contributed by atoms with Gasteiger partial charge in [-0.2, -0.15) is 110 Å². The molecule has 0 atom stereocenters. The van der Waals surface area contributed by atoms with Crippen molar-refractivity contribution in [1.29, 1.82) is 0 Å². The van der Waals surface area contributed by atoms with Crippen molar-refractivity contribution in [2.75, 3.05) is 13.6 Å². The zero-order valence-corrected chi connectivity index (χ0v) is 20.5. The number of likely N-dealkylation sites (N-methyl/N-ethyl adjacent to an activating group) is 1. The van der Waals surface area contributed by atoms with Gasteiger partial charge in [0.1, 0.15) is 0 Å². The zero-order chi connectivity index (χ0) is 37.3. The second-order valence-corrected chi connectivity index (χ2v) is 8.66. The molecule has 0 saturated heterocycles. The van der Waals surface area contributed by atoms with Crippen molar-refractivity contribution in [2.24, 2.45) is 0 Å². The molecule has 0 heterocycles. The van der Waals surface area contributed by atoms with Gasteiger partial charge >= 0.3 is 71.3 Å². The highest BCUT2D eigenvalue weighted by atomic mass is 19.4. The molecule has 27 heteroatoms. The van der Waals surface area contributed by atoms with Crippen LogP contribution >= 0.6 is 0 Å². The third kappa shape index (κ3) is 5.49. The zero-order valence-electron chi connectivity index (χ0n) is 20.5. The highest BCUT2D eigenvalue weighted by molar-refractivity contribution is 5.86. The minimum atomic E-state index is -9.62. The molecule has 0 radical (unpaired) electrons. The average Bonchev–Trinajstić information content (AvgIpc) is 2.84. The van der Waals surface area contributed by atoms with Crippen LogP contribution in [0.3, 0.4) is 0 Å². The first-order chi connectivity index (χ1) is 19.1. The van der Waals surface area contributed by atoms with E-state index in [0.717, 1.165) is 0 Å². The van der Waals surface area contributed by atoms with Crippen LogP contribution < -0.4 is 0 Å². The number of hydrogen-bond donors (Lipinski definition) is 0. The Morgan fingerprint density at radius 1 is 0.467 bits per heavy atom. The molecule has 2 nitrogen and oxygen atoms in total. The third-order valence-electron chi connectivity index (χ3n) is 5.68. The van der Waals surface area contributed by atoms with E-state index in [1.807, 2.05) is 0 Å². The Morgan fingerprint density at radius 3 is 0.911 bits per heavy atom. The Hall–Kier alpha value is -2.54. The lowest BCUT2D eigenvalue weighted by molar-refractivity contribution is -0.482. The van der Waals surface area contributed by atoms with E-state index in [4.69, 9.17) is 0 Å². The molecular weight excluding hydrogens is 721 g/mol. The summed E-state index contributed by atoms with van der Waals surface area (Å²) in [4.78, 5) is 10.9. The fourth-order valence-electron chi connectivity index (χ4n) is 2.72. The first kappa shape index (κ1) is 42.5. The quantitative estimate of drug-likeness (QED) is 0.130. The molecule has 0 N–H and O–H groups in total. The van der Waals surface area contributed by atoms with Gasteiger partial charge < -0.3 is 4.90 Å². The van der Waals surface area contributed by atoms with Crippen molar-refractivity contribution < 1.29 is 115 Å². The molecule has 0 aliphatic rings. The smallest absolute Gasteiger partial charge is 0.342 e. The molecule has 0 fully saturated rings. The van der Waals surface area contributed by atoms with E-state index in [1.165, 1.54) is 0 Å². The molecule has 0 aromatic rings. The van der Waals surface area contributed by atoms with Crippen molar-refractivity contribution in [3.8, 4) is 0 Å². The lowest BCUT2D eigenvalue weighted by atomic mass is 9.84. The predicted octanol–water partition coefficient (Wildman–Crippen LogP) is 8.57. The summed E-state index contributed by atoms with van der Waals surface area (Å²) in [6.45, 7) is 0.761. The summed E-state index contributed by atoms with van der Waals surface area (Å²) in [6.07, 6.45) is -11.0. The molecule has 0 aliphatic heterocycles. The number of carbonyl (C=O) groups excluding carboxylic acids is 1. The lowest BCUT2D eigenvalue weighted by Gasteiger charge is -2.45. The maximum Gasteiger partial charge on any atom is 0.460 e. The summed E-state index contributed by atoms with van der Waals surface area (Å²) in [5.41, 5.74) is 0. The maximum absolute atomic E-state index is 13.8. The van der Waals surface area contributed by atoms with Gasteiger partial charge in [0, 0.05) is 20.0 Å². The summed E-state index contributed by atoms with van der Waals surface area (Å²) in [5, 5.41) is 0. The van der Waals surface area contributed by atoms with E-state index >= 15 is 0 Å². The molecule has 0 aliphatic carbocycles. The van der Waals surface area contributed by atoms with Crippen LogP contribution in [0.2, 0.25) is 0 Å².